The Morgan fingerprint density at radius 1 is 1.12 bits per heavy atom. The Hall–Kier alpha value is -2.34. The normalized spacial score (nSPS) is 10.8. The first-order chi connectivity index (χ1) is 12.0. The van der Waals surface area contributed by atoms with Crippen LogP contribution in [0.3, 0.4) is 0 Å². The van der Waals surface area contributed by atoms with E-state index in [0.717, 1.165) is 11.1 Å². The highest BCUT2D eigenvalue weighted by atomic mass is 79.9. The van der Waals surface area contributed by atoms with Crippen molar-refractivity contribution < 1.29 is 4.39 Å². The monoisotopic (exact) mass is 401 g/mol. The molecular formula is C19H17BrFN3O. The van der Waals surface area contributed by atoms with Crippen molar-refractivity contribution in [3.63, 3.8) is 0 Å². The summed E-state index contributed by atoms with van der Waals surface area (Å²) in [7, 11) is 0. The number of aryl methyl sites for hydroxylation is 3. The maximum absolute atomic E-state index is 13.0. The van der Waals surface area contributed by atoms with Crippen LogP contribution in [-0.2, 0) is 19.4 Å². The van der Waals surface area contributed by atoms with Crippen molar-refractivity contribution >= 4 is 15.9 Å². The van der Waals surface area contributed by atoms with Gasteiger partial charge in [-0.1, -0.05) is 18.2 Å². The summed E-state index contributed by atoms with van der Waals surface area (Å²) in [6, 6.07) is 10.1. The van der Waals surface area contributed by atoms with Gasteiger partial charge in [0, 0.05) is 12.4 Å². The highest BCUT2D eigenvalue weighted by Gasteiger charge is 2.13. The van der Waals surface area contributed by atoms with Gasteiger partial charge < -0.3 is 0 Å². The molecule has 0 saturated carbocycles. The van der Waals surface area contributed by atoms with Crippen LogP contribution in [0.1, 0.15) is 22.6 Å². The van der Waals surface area contributed by atoms with Gasteiger partial charge in [-0.05, 0) is 65.0 Å². The molecule has 6 heteroatoms. The van der Waals surface area contributed by atoms with Crippen molar-refractivity contribution in [1.29, 1.82) is 0 Å². The number of pyridine rings is 1. The minimum atomic E-state index is -0.253. The fraction of sp³-hybridized carbons (Fsp3) is 0.211. The molecule has 0 amide bonds. The number of halogens is 2. The molecule has 0 radical (unpaired) electrons. The molecule has 0 spiro atoms. The zero-order valence-electron chi connectivity index (χ0n) is 13.7. The van der Waals surface area contributed by atoms with E-state index in [1.807, 2.05) is 19.1 Å². The molecule has 0 aliphatic rings. The molecule has 0 unspecified atom stereocenters. The summed E-state index contributed by atoms with van der Waals surface area (Å²) in [5.74, 6) is 0.406. The van der Waals surface area contributed by atoms with Gasteiger partial charge in [0.05, 0.1) is 12.2 Å². The largest absolute Gasteiger partial charge is 0.291 e. The number of aromatic nitrogens is 3. The SMILES string of the molecule is Cc1nc(CCc2ccc(F)cc2)c(Br)c(=O)n1Cc1cccnc1. The van der Waals surface area contributed by atoms with Crippen LogP contribution in [0.2, 0.25) is 0 Å². The van der Waals surface area contributed by atoms with Crippen LogP contribution in [0, 0.1) is 12.7 Å². The molecule has 3 aromatic rings. The molecule has 0 N–H and O–H groups in total. The molecule has 0 aliphatic carbocycles. The van der Waals surface area contributed by atoms with Gasteiger partial charge in [0.2, 0.25) is 0 Å². The average molecular weight is 402 g/mol. The molecule has 0 bridgehead atoms. The molecule has 0 atom stereocenters. The summed E-state index contributed by atoms with van der Waals surface area (Å²) in [5.41, 5.74) is 2.56. The second kappa shape index (κ2) is 7.70. The van der Waals surface area contributed by atoms with E-state index in [1.54, 1.807) is 29.1 Å². The van der Waals surface area contributed by atoms with Gasteiger partial charge in [0.15, 0.2) is 0 Å². The van der Waals surface area contributed by atoms with Crippen molar-refractivity contribution in [3.05, 3.63) is 92.1 Å². The van der Waals surface area contributed by atoms with E-state index < -0.39 is 0 Å². The first-order valence-corrected chi connectivity index (χ1v) is 8.73. The van der Waals surface area contributed by atoms with Crippen molar-refractivity contribution in [2.45, 2.75) is 26.3 Å². The van der Waals surface area contributed by atoms with Crippen molar-refractivity contribution in [2.24, 2.45) is 0 Å². The highest BCUT2D eigenvalue weighted by Crippen LogP contribution is 2.15. The third-order valence-electron chi connectivity index (χ3n) is 4.00. The zero-order valence-corrected chi connectivity index (χ0v) is 15.3. The minimum absolute atomic E-state index is 0.106. The summed E-state index contributed by atoms with van der Waals surface area (Å²) in [6.07, 6.45) is 4.74. The predicted molar refractivity (Wildman–Crippen MR) is 98.1 cm³/mol. The van der Waals surface area contributed by atoms with Crippen LogP contribution in [0.4, 0.5) is 4.39 Å². The average Bonchev–Trinajstić information content (AvgIpc) is 2.63. The molecule has 0 fully saturated rings. The zero-order chi connectivity index (χ0) is 17.8. The first kappa shape index (κ1) is 17.5. The van der Waals surface area contributed by atoms with Gasteiger partial charge in [-0.3, -0.25) is 14.3 Å². The molecule has 4 nitrogen and oxygen atoms in total. The van der Waals surface area contributed by atoms with Gasteiger partial charge in [-0.2, -0.15) is 0 Å². The predicted octanol–water partition coefficient (Wildman–Crippen LogP) is 3.68. The lowest BCUT2D eigenvalue weighted by molar-refractivity contribution is 0.626. The Morgan fingerprint density at radius 2 is 1.88 bits per heavy atom. The first-order valence-electron chi connectivity index (χ1n) is 7.94. The van der Waals surface area contributed by atoms with E-state index >= 15 is 0 Å². The van der Waals surface area contributed by atoms with Crippen LogP contribution < -0.4 is 5.56 Å². The smallest absolute Gasteiger partial charge is 0.268 e. The summed E-state index contributed by atoms with van der Waals surface area (Å²) in [5, 5.41) is 0. The van der Waals surface area contributed by atoms with Crippen molar-refractivity contribution in [2.75, 3.05) is 0 Å². The third kappa shape index (κ3) is 4.20. The van der Waals surface area contributed by atoms with Gasteiger partial charge in [0.25, 0.3) is 5.56 Å². The van der Waals surface area contributed by atoms with Crippen LogP contribution in [-0.4, -0.2) is 14.5 Å². The van der Waals surface area contributed by atoms with Crippen LogP contribution in [0.25, 0.3) is 0 Å². The second-order valence-corrected chi connectivity index (χ2v) is 6.59. The van der Waals surface area contributed by atoms with E-state index in [1.165, 1.54) is 12.1 Å². The Morgan fingerprint density at radius 3 is 2.56 bits per heavy atom. The topological polar surface area (TPSA) is 47.8 Å². The van der Waals surface area contributed by atoms with Gasteiger partial charge in [0.1, 0.15) is 16.1 Å². The second-order valence-electron chi connectivity index (χ2n) is 5.80. The van der Waals surface area contributed by atoms with E-state index in [0.29, 0.717) is 35.4 Å². The molecular weight excluding hydrogens is 385 g/mol. The van der Waals surface area contributed by atoms with E-state index in [4.69, 9.17) is 0 Å². The molecule has 25 heavy (non-hydrogen) atoms. The fourth-order valence-electron chi connectivity index (χ4n) is 2.63. The Balaban J connectivity index is 1.82. The maximum atomic E-state index is 13.0. The van der Waals surface area contributed by atoms with Crippen molar-refractivity contribution in [1.82, 2.24) is 14.5 Å². The summed E-state index contributed by atoms with van der Waals surface area (Å²) >= 11 is 3.39. The Labute approximate surface area is 153 Å². The third-order valence-corrected chi connectivity index (χ3v) is 4.80. The number of nitrogens with zero attached hydrogens (tertiary/aromatic N) is 3. The molecule has 3 rings (SSSR count). The number of benzene rings is 1. The summed E-state index contributed by atoms with van der Waals surface area (Å²) < 4.78 is 15.1. The molecule has 128 valence electrons. The maximum Gasteiger partial charge on any atom is 0.268 e. The molecule has 0 saturated heterocycles. The van der Waals surface area contributed by atoms with Crippen molar-refractivity contribution in [3.8, 4) is 0 Å². The van der Waals surface area contributed by atoms with Gasteiger partial charge in [-0.25, -0.2) is 9.37 Å². The molecule has 0 aliphatic heterocycles. The lowest BCUT2D eigenvalue weighted by Gasteiger charge is -2.13. The lowest BCUT2D eigenvalue weighted by atomic mass is 10.1. The number of hydrogen-bond donors (Lipinski definition) is 0. The minimum Gasteiger partial charge on any atom is -0.291 e. The Kier molecular flexibility index (Phi) is 5.38. The summed E-state index contributed by atoms with van der Waals surface area (Å²) in [6.45, 7) is 2.26. The van der Waals surface area contributed by atoms with Crippen LogP contribution in [0.5, 0.6) is 0 Å². The van der Waals surface area contributed by atoms with Crippen LogP contribution in [0.15, 0.2) is 58.1 Å². The molecule has 2 heterocycles. The lowest BCUT2D eigenvalue weighted by Crippen LogP contribution is -2.26. The van der Waals surface area contributed by atoms with E-state index in [9.17, 15) is 9.18 Å². The Bertz CT molecular complexity index is 924. The molecule has 1 aromatic carbocycles. The number of rotatable bonds is 5. The standard InChI is InChI=1S/C19H17BrFN3O/c1-13-23-17(9-6-14-4-7-16(21)8-5-14)18(20)19(25)24(13)12-15-3-2-10-22-11-15/h2-5,7-8,10-11H,6,9,12H2,1H3. The summed E-state index contributed by atoms with van der Waals surface area (Å²) in [4.78, 5) is 21.3. The highest BCUT2D eigenvalue weighted by molar-refractivity contribution is 9.10. The fourth-order valence-corrected chi connectivity index (χ4v) is 3.13. The quantitative estimate of drug-likeness (QED) is 0.654. The molecule has 2 aromatic heterocycles. The van der Waals surface area contributed by atoms with E-state index in [2.05, 4.69) is 25.9 Å². The van der Waals surface area contributed by atoms with Gasteiger partial charge in [-0.15, -0.1) is 0 Å². The van der Waals surface area contributed by atoms with E-state index in [-0.39, 0.29) is 11.4 Å². The van der Waals surface area contributed by atoms with Gasteiger partial charge >= 0.3 is 0 Å². The van der Waals surface area contributed by atoms with Crippen LogP contribution >= 0.6 is 15.9 Å². The number of hydrogen-bond acceptors (Lipinski definition) is 3.